The zero-order valence-electron chi connectivity index (χ0n) is 18.6. The topological polar surface area (TPSA) is 81.7 Å². The Bertz CT molecular complexity index is 1020. The highest BCUT2D eigenvalue weighted by Crippen LogP contribution is 2.45. The van der Waals surface area contributed by atoms with Crippen molar-refractivity contribution in [1.82, 2.24) is 5.32 Å². The number of carbonyl (C=O) groups excluding carboxylic acids is 3. The predicted octanol–water partition coefficient (Wildman–Crippen LogP) is 3.92. The first-order valence-corrected chi connectivity index (χ1v) is 11.1. The number of halogens is 1. The average molecular weight is 441 g/mol. The number of hydrogen-bond donors (Lipinski definition) is 1. The molecule has 1 aliphatic heterocycles. The molecular weight excluding hydrogens is 413 g/mol. The number of esters is 2. The van der Waals surface area contributed by atoms with Crippen LogP contribution in [-0.2, 0) is 23.9 Å². The number of Topliss-reactive ketones (excluding diaryl/α,β-unsaturated/α-hetero) is 1. The maximum Gasteiger partial charge on any atom is 0.337 e. The van der Waals surface area contributed by atoms with E-state index in [2.05, 4.69) is 5.32 Å². The van der Waals surface area contributed by atoms with Gasteiger partial charge in [-0.2, -0.15) is 0 Å². The van der Waals surface area contributed by atoms with E-state index < -0.39 is 35.4 Å². The molecule has 1 aromatic rings. The molecule has 6 nitrogen and oxygen atoms in total. The van der Waals surface area contributed by atoms with Gasteiger partial charge in [-0.1, -0.05) is 19.1 Å². The Morgan fingerprint density at radius 3 is 2.56 bits per heavy atom. The molecule has 0 spiro atoms. The molecule has 1 saturated carbocycles. The molecule has 1 heterocycles. The van der Waals surface area contributed by atoms with E-state index in [0.717, 1.165) is 25.7 Å². The smallest absolute Gasteiger partial charge is 0.337 e. The first-order valence-electron chi connectivity index (χ1n) is 11.1. The minimum Gasteiger partial charge on any atom is -0.468 e. The molecule has 1 fully saturated rings. The number of ether oxygens (including phenoxy) is 2. The van der Waals surface area contributed by atoms with E-state index in [-0.39, 0.29) is 17.6 Å². The van der Waals surface area contributed by atoms with Crippen LogP contribution in [0.2, 0.25) is 0 Å². The summed E-state index contributed by atoms with van der Waals surface area (Å²) in [5.41, 5.74) is 2.31. The van der Waals surface area contributed by atoms with Gasteiger partial charge in [-0.3, -0.25) is 9.59 Å². The van der Waals surface area contributed by atoms with Crippen molar-refractivity contribution in [3.8, 4) is 0 Å². The van der Waals surface area contributed by atoms with Crippen LogP contribution in [0.25, 0.3) is 0 Å². The Morgan fingerprint density at radius 1 is 1.19 bits per heavy atom. The normalized spacial score (nSPS) is 26.0. The summed E-state index contributed by atoms with van der Waals surface area (Å²) < 4.78 is 24.9. The molecule has 0 radical (unpaired) electrons. The van der Waals surface area contributed by atoms with E-state index in [1.807, 2.05) is 6.92 Å². The zero-order chi connectivity index (χ0) is 23.0. The molecule has 3 atom stereocenters. The summed E-state index contributed by atoms with van der Waals surface area (Å²) in [5.74, 6) is -4.03. The van der Waals surface area contributed by atoms with Gasteiger partial charge in [-0.15, -0.1) is 0 Å². The van der Waals surface area contributed by atoms with Crippen LogP contribution in [0.1, 0.15) is 57.4 Å². The fourth-order valence-electron chi connectivity index (χ4n) is 5.19. The Labute approximate surface area is 186 Å². The largest absolute Gasteiger partial charge is 0.468 e. The summed E-state index contributed by atoms with van der Waals surface area (Å²) in [6.07, 6.45) is 3.92. The molecule has 0 aromatic heterocycles. The third kappa shape index (κ3) is 3.96. The monoisotopic (exact) mass is 441 g/mol. The van der Waals surface area contributed by atoms with Crippen LogP contribution in [-0.4, -0.2) is 30.9 Å². The summed E-state index contributed by atoms with van der Waals surface area (Å²) in [6, 6.07) is 5.89. The van der Waals surface area contributed by atoms with Crippen molar-refractivity contribution in [2.24, 2.45) is 11.8 Å². The minimum absolute atomic E-state index is 0.156. The standard InChI is InChI=1S/C25H28FNO5/c1-13-11-18-22(23(28)19(13)24(29)31-3)21(15-7-6-8-16(26)12-15)20(14(2)27-18)25(30)32-17-9-4-5-10-17/h6-8,12-13,17,19,21,27H,4-5,9-11H2,1-3H3/t13-,19+,21+/m1/s1. The molecule has 170 valence electrons. The predicted molar refractivity (Wildman–Crippen MR) is 115 cm³/mol. The number of benzene rings is 1. The zero-order valence-corrected chi connectivity index (χ0v) is 18.6. The first-order chi connectivity index (χ1) is 15.3. The summed E-state index contributed by atoms with van der Waals surface area (Å²) in [6.45, 7) is 3.59. The second-order valence-corrected chi connectivity index (χ2v) is 8.90. The molecule has 1 N–H and O–H groups in total. The van der Waals surface area contributed by atoms with Crippen molar-refractivity contribution in [3.63, 3.8) is 0 Å². The van der Waals surface area contributed by atoms with Gasteiger partial charge < -0.3 is 14.8 Å². The van der Waals surface area contributed by atoms with Crippen molar-refractivity contribution < 1.29 is 28.2 Å². The van der Waals surface area contributed by atoms with E-state index in [1.165, 1.54) is 19.2 Å². The van der Waals surface area contributed by atoms with Crippen LogP contribution in [0.5, 0.6) is 0 Å². The number of rotatable bonds is 4. The fraction of sp³-hybridized carbons (Fsp3) is 0.480. The number of ketones is 1. The van der Waals surface area contributed by atoms with Crippen LogP contribution in [0, 0.1) is 17.7 Å². The molecule has 3 aliphatic rings. The summed E-state index contributed by atoms with van der Waals surface area (Å²) >= 11 is 0. The van der Waals surface area contributed by atoms with Crippen molar-refractivity contribution >= 4 is 17.7 Å². The average Bonchev–Trinajstić information content (AvgIpc) is 3.25. The maximum absolute atomic E-state index is 14.2. The van der Waals surface area contributed by atoms with Gasteiger partial charge in [0.05, 0.1) is 12.7 Å². The third-order valence-electron chi connectivity index (χ3n) is 6.72. The van der Waals surface area contributed by atoms with E-state index >= 15 is 0 Å². The molecule has 0 amide bonds. The van der Waals surface area contributed by atoms with Crippen molar-refractivity contribution in [1.29, 1.82) is 0 Å². The van der Waals surface area contributed by atoms with Crippen LogP contribution < -0.4 is 5.32 Å². The van der Waals surface area contributed by atoms with Gasteiger partial charge in [-0.05, 0) is 62.6 Å². The van der Waals surface area contributed by atoms with E-state index in [9.17, 15) is 18.8 Å². The molecule has 0 unspecified atom stereocenters. The van der Waals surface area contributed by atoms with Crippen molar-refractivity contribution in [2.45, 2.75) is 58.0 Å². The van der Waals surface area contributed by atoms with E-state index in [0.29, 0.717) is 29.0 Å². The minimum atomic E-state index is -0.970. The van der Waals surface area contributed by atoms with Crippen LogP contribution >= 0.6 is 0 Å². The lowest BCUT2D eigenvalue weighted by molar-refractivity contribution is -0.151. The Morgan fingerprint density at radius 2 is 1.91 bits per heavy atom. The fourth-order valence-corrected chi connectivity index (χ4v) is 5.19. The lowest BCUT2D eigenvalue weighted by atomic mass is 9.69. The number of allylic oxidation sites excluding steroid dienone is 3. The molecule has 0 saturated heterocycles. The number of carbonyl (C=O) groups is 3. The highest BCUT2D eigenvalue weighted by molar-refractivity contribution is 6.12. The molecule has 2 aliphatic carbocycles. The van der Waals surface area contributed by atoms with Crippen LogP contribution in [0.15, 0.2) is 46.8 Å². The van der Waals surface area contributed by atoms with Crippen molar-refractivity contribution in [2.75, 3.05) is 7.11 Å². The molecule has 1 aromatic carbocycles. The lowest BCUT2D eigenvalue weighted by Gasteiger charge is -2.38. The SMILES string of the molecule is COC(=O)[C@@H]1C(=O)C2=C(C[C@H]1C)NC(C)=C(C(=O)OC1CCCC1)[C@@H]2c1cccc(F)c1. The molecule has 0 bridgehead atoms. The number of nitrogens with one attached hydrogen (secondary N) is 1. The van der Waals surface area contributed by atoms with Crippen molar-refractivity contribution in [3.05, 3.63) is 58.2 Å². The van der Waals surface area contributed by atoms with Gasteiger partial charge in [0.15, 0.2) is 5.78 Å². The number of methoxy groups -OCH3 is 1. The quantitative estimate of drug-likeness (QED) is 0.563. The lowest BCUT2D eigenvalue weighted by Crippen LogP contribution is -2.43. The number of dihydropyridines is 1. The molecule has 4 rings (SSSR count). The first kappa shape index (κ1) is 22.2. The number of hydrogen-bond acceptors (Lipinski definition) is 6. The highest BCUT2D eigenvalue weighted by Gasteiger charge is 2.47. The summed E-state index contributed by atoms with van der Waals surface area (Å²) in [5, 5.41) is 3.22. The van der Waals surface area contributed by atoms with E-state index in [4.69, 9.17) is 9.47 Å². The van der Waals surface area contributed by atoms with Gasteiger partial charge in [0.2, 0.25) is 0 Å². The van der Waals surface area contributed by atoms with E-state index in [1.54, 1.807) is 19.1 Å². The van der Waals surface area contributed by atoms with Gasteiger partial charge in [0.1, 0.15) is 17.8 Å². The third-order valence-corrected chi connectivity index (χ3v) is 6.72. The second-order valence-electron chi connectivity index (χ2n) is 8.90. The molecular formula is C25H28FNO5. The highest BCUT2D eigenvalue weighted by atomic mass is 19.1. The Kier molecular flexibility index (Phi) is 6.17. The van der Waals surface area contributed by atoms with Gasteiger partial charge in [0, 0.05) is 22.9 Å². The van der Waals surface area contributed by atoms with Gasteiger partial charge >= 0.3 is 11.9 Å². The summed E-state index contributed by atoms with van der Waals surface area (Å²) in [4.78, 5) is 39.3. The van der Waals surface area contributed by atoms with Gasteiger partial charge in [-0.25, -0.2) is 9.18 Å². The Hall–Kier alpha value is -2.96. The maximum atomic E-state index is 14.2. The molecule has 7 heteroatoms. The Balaban J connectivity index is 1.81. The summed E-state index contributed by atoms with van der Waals surface area (Å²) in [7, 11) is 1.25. The van der Waals surface area contributed by atoms with Crippen LogP contribution in [0.4, 0.5) is 4.39 Å². The van der Waals surface area contributed by atoms with Crippen LogP contribution in [0.3, 0.4) is 0 Å². The van der Waals surface area contributed by atoms with Gasteiger partial charge in [0.25, 0.3) is 0 Å². The molecule has 32 heavy (non-hydrogen) atoms. The second kappa shape index (κ2) is 8.88.